The van der Waals surface area contributed by atoms with Gasteiger partial charge in [0.05, 0.1) is 13.2 Å². The minimum atomic E-state index is -0.0159. The molecule has 0 aliphatic carbocycles. The Morgan fingerprint density at radius 2 is 1.83 bits per heavy atom. The van der Waals surface area contributed by atoms with Crippen molar-refractivity contribution in [3.8, 4) is 5.75 Å². The molecule has 130 valence electrons. The molecule has 0 fully saturated rings. The predicted octanol–water partition coefficient (Wildman–Crippen LogP) is 4.36. The molecule has 0 saturated carbocycles. The van der Waals surface area contributed by atoms with E-state index in [2.05, 4.69) is 24.5 Å². The third-order valence-electron chi connectivity index (χ3n) is 3.63. The van der Waals surface area contributed by atoms with Gasteiger partial charge in [-0.15, -0.1) is 0 Å². The van der Waals surface area contributed by atoms with Crippen molar-refractivity contribution in [2.75, 3.05) is 25.0 Å². The second-order valence-corrected chi connectivity index (χ2v) is 5.87. The number of carbonyl (C=O) groups is 1. The highest BCUT2D eigenvalue weighted by Gasteiger charge is 2.03. The molecule has 4 nitrogen and oxygen atoms in total. The summed E-state index contributed by atoms with van der Waals surface area (Å²) in [4.78, 5) is 11.8. The number of hydrogen-bond donors (Lipinski definition) is 2. The highest BCUT2D eigenvalue weighted by atomic mass is 16.5. The molecule has 4 heteroatoms. The van der Waals surface area contributed by atoms with E-state index in [0.717, 1.165) is 43.9 Å². The molecule has 0 unspecified atom stereocenters. The van der Waals surface area contributed by atoms with Crippen molar-refractivity contribution >= 4 is 11.6 Å². The van der Waals surface area contributed by atoms with Crippen molar-refractivity contribution in [1.82, 2.24) is 5.32 Å². The number of nitrogens with one attached hydrogen (secondary N) is 2. The van der Waals surface area contributed by atoms with Gasteiger partial charge in [0.15, 0.2) is 0 Å². The van der Waals surface area contributed by atoms with Crippen molar-refractivity contribution in [1.29, 1.82) is 0 Å². The molecule has 1 amide bonds. The fraction of sp³-hybridized carbons (Fsp3) is 0.632. The van der Waals surface area contributed by atoms with Crippen LogP contribution in [0.1, 0.15) is 58.8 Å². The highest BCUT2D eigenvalue weighted by Crippen LogP contribution is 2.17. The van der Waals surface area contributed by atoms with Crippen molar-refractivity contribution in [2.45, 2.75) is 58.8 Å². The minimum Gasteiger partial charge on any atom is -0.494 e. The summed E-state index contributed by atoms with van der Waals surface area (Å²) in [5.41, 5.74) is 0.788. The largest absolute Gasteiger partial charge is 0.494 e. The monoisotopic (exact) mass is 320 g/mol. The first kappa shape index (κ1) is 19.5. The van der Waals surface area contributed by atoms with Crippen molar-refractivity contribution in [2.24, 2.45) is 0 Å². The zero-order valence-electron chi connectivity index (χ0n) is 14.7. The molecule has 23 heavy (non-hydrogen) atoms. The lowest BCUT2D eigenvalue weighted by Crippen LogP contribution is -2.28. The van der Waals surface area contributed by atoms with E-state index in [1.807, 2.05) is 24.3 Å². The average Bonchev–Trinajstić information content (AvgIpc) is 2.55. The summed E-state index contributed by atoms with van der Waals surface area (Å²) in [7, 11) is 0. The molecule has 0 saturated heterocycles. The van der Waals surface area contributed by atoms with Gasteiger partial charge >= 0.3 is 0 Å². The number of amides is 1. The summed E-state index contributed by atoms with van der Waals surface area (Å²) in [6.07, 6.45) is 8.36. The van der Waals surface area contributed by atoms with Gasteiger partial charge in [-0.2, -0.15) is 0 Å². The average molecular weight is 320 g/mol. The molecule has 0 aliphatic rings. The van der Waals surface area contributed by atoms with Crippen molar-refractivity contribution in [3.63, 3.8) is 0 Å². The number of rotatable bonds is 13. The van der Waals surface area contributed by atoms with Crippen molar-refractivity contribution < 1.29 is 9.53 Å². The molecule has 1 aromatic rings. The second-order valence-electron chi connectivity index (χ2n) is 5.87. The maximum absolute atomic E-state index is 11.8. The van der Waals surface area contributed by atoms with Crippen LogP contribution in [0.25, 0.3) is 0 Å². The molecule has 0 aromatic heterocycles. The first-order valence-corrected chi connectivity index (χ1v) is 8.99. The number of benzene rings is 1. The SMILES string of the molecule is CCCCCCCOc1cccc(NC(=O)CNCCCC)c1. The van der Waals surface area contributed by atoms with Gasteiger partial charge in [0.2, 0.25) is 5.91 Å². The zero-order chi connectivity index (χ0) is 16.8. The van der Waals surface area contributed by atoms with Crippen molar-refractivity contribution in [3.05, 3.63) is 24.3 Å². The van der Waals surface area contributed by atoms with Crippen LogP contribution < -0.4 is 15.4 Å². The Labute approximate surface area is 141 Å². The van der Waals surface area contributed by atoms with E-state index in [1.54, 1.807) is 0 Å². The van der Waals surface area contributed by atoms with E-state index in [0.29, 0.717) is 6.54 Å². The van der Waals surface area contributed by atoms with Crippen LogP contribution in [0, 0.1) is 0 Å². The first-order chi connectivity index (χ1) is 11.3. The van der Waals surface area contributed by atoms with Crippen LogP contribution in [0.15, 0.2) is 24.3 Å². The smallest absolute Gasteiger partial charge is 0.238 e. The minimum absolute atomic E-state index is 0.0159. The van der Waals surface area contributed by atoms with Crippen LogP contribution in [-0.4, -0.2) is 25.6 Å². The molecule has 2 N–H and O–H groups in total. The lowest BCUT2D eigenvalue weighted by atomic mass is 10.2. The lowest BCUT2D eigenvalue weighted by molar-refractivity contribution is -0.115. The lowest BCUT2D eigenvalue weighted by Gasteiger charge is -2.10. The Morgan fingerprint density at radius 3 is 2.61 bits per heavy atom. The number of anilines is 1. The third-order valence-corrected chi connectivity index (χ3v) is 3.63. The Morgan fingerprint density at radius 1 is 1.04 bits per heavy atom. The van der Waals surface area contributed by atoms with E-state index in [9.17, 15) is 4.79 Å². The maximum atomic E-state index is 11.8. The summed E-state index contributed by atoms with van der Waals surface area (Å²) >= 11 is 0. The van der Waals surface area contributed by atoms with Gasteiger partial charge in [0, 0.05) is 11.8 Å². The number of carbonyl (C=O) groups excluding carboxylic acids is 1. The summed E-state index contributed by atoms with van der Waals surface area (Å²) in [5, 5.41) is 6.03. The van der Waals surface area contributed by atoms with Gasteiger partial charge in [0.1, 0.15) is 5.75 Å². The van der Waals surface area contributed by atoms with Crippen LogP contribution in [0.2, 0.25) is 0 Å². The van der Waals surface area contributed by atoms with Crippen LogP contribution >= 0.6 is 0 Å². The van der Waals surface area contributed by atoms with Crippen LogP contribution in [0.5, 0.6) is 5.75 Å². The third kappa shape index (κ3) is 9.95. The van der Waals surface area contributed by atoms with Gasteiger partial charge < -0.3 is 15.4 Å². The van der Waals surface area contributed by atoms with E-state index in [-0.39, 0.29) is 5.91 Å². The zero-order valence-corrected chi connectivity index (χ0v) is 14.7. The molecule has 0 bridgehead atoms. The molecule has 0 aliphatic heterocycles. The van der Waals surface area contributed by atoms with Crippen LogP contribution in [0.4, 0.5) is 5.69 Å². The van der Waals surface area contributed by atoms with E-state index >= 15 is 0 Å². The standard InChI is InChI=1S/C19H32N2O2/c1-3-5-7-8-9-14-23-18-12-10-11-17(15-18)21-19(22)16-20-13-6-4-2/h10-12,15,20H,3-9,13-14,16H2,1-2H3,(H,21,22). The molecular formula is C19H32N2O2. The molecule has 0 heterocycles. The summed E-state index contributed by atoms with van der Waals surface area (Å²) in [6.45, 7) is 6.32. The van der Waals surface area contributed by atoms with Gasteiger partial charge in [-0.1, -0.05) is 52.0 Å². The maximum Gasteiger partial charge on any atom is 0.238 e. The molecular weight excluding hydrogens is 288 g/mol. The fourth-order valence-electron chi connectivity index (χ4n) is 2.27. The summed E-state index contributed by atoms with van der Waals surface area (Å²) in [5.74, 6) is 0.801. The quantitative estimate of drug-likeness (QED) is 0.531. The summed E-state index contributed by atoms with van der Waals surface area (Å²) in [6, 6.07) is 7.61. The van der Waals surface area contributed by atoms with E-state index < -0.39 is 0 Å². The Kier molecular flexibility index (Phi) is 11.0. The van der Waals surface area contributed by atoms with Gasteiger partial charge in [0.25, 0.3) is 0 Å². The number of hydrogen-bond acceptors (Lipinski definition) is 3. The summed E-state index contributed by atoms with van der Waals surface area (Å²) < 4.78 is 5.75. The number of unbranched alkanes of at least 4 members (excludes halogenated alkanes) is 5. The molecule has 0 spiro atoms. The van der Waals surface area contributed by atoms with E-state index in [1.165, 1.54) is 25.7 Å². The van der Waals surface area contributed by atoms with Gasteiger partial charge in [-0.3, -0.25) is 4.79 Å². The highest BCUT2D eigenvalue weighted by molar-refractivity contribution is 5.92. The second kappa shape index (κ2) is 12.9. The van der Waals surface area contributed by atoms with Crippen LogP contribution in [0.3, 0.4) is 0 Å². The van der Waals surface area contributed by atoms with E-state index in [4.69, 9.17) is 4.74 Å². The normalized spacial score (nSPS) is 10.5. The first-order valence-electron chi connectivity index (χ1n) is 8.99. The number of ether oxygens (including phenoxy) is 1. The topological polar surface area (TPSA) is 50.4 Å². The molecule has 0 atom stereocenters. The Bertz CT molecular complexity index is 435. The Hall–Kier alpha value is -1.55. The molecule has 0 radical (unpaired) electrons. The Balaban J connectivity index is 2.25. The predicted molar refractivity (Wildman–Crippen MR) is 97.1 cm³/mol. The van der Waals surface area contributed by atoms with Crippen LogP contribution in [-0.2, 0) is 4.79 Å². The van der Waals surface area contributed by atoms with Gasteiger partial charge in [-0.05, 0) is 31.5 Å². The molecule has 1 rings (SSSR count). The van der Waals surface area contributed by atoms with Gasteiger partial charge in [-0.25, -0.2) is 0 Å². The fourth-order valence-corrected chi connectivity index (χ4v) is 2.27. The molecule has 1 aromatic carbocycles.